The van der Waals surface area contributed by atoms with Crippen molar-refractivity contribution in [3.63, 3.8) is 0 Å². The Morgan fingerprint density at radius 2 is 0.723 bits per heavy atom. The number of Topliss-reactive ketones (excluding diaryl/α,β-unsaturated/α-hetero) is 1. The molecule has 0 radical (unpaired) electrons. The number of aliphatic hydroxyl groups is 1. The Morgan fingerprint density at radius 1 is 0.385 bits per heavy atom. The van der Waals surface area contributed by atoms with Crippen LogP contribution >= 0.6 is 0 Å². The van der Waals surface area contributed by atoms with E-state index in [0.29, 0.717) is 112 Å². The number of ether oxygens (including phenoxy) is 4. The summed E-state index contributed by atoms with van der Waals surface area (Å²) in [5.41, 5.74) is 16.5. The van der Waals surface area contributed by atoms with E-state index in [1.807, 2.05) is 16.7 Å². The van der Waals surface area contributed by atoms with Crippen LogP contribution in [0.1, 0.15) is 388 Å². The SMILES string of the molecule is CC(=O)NCCN1C[C@@H](C)C[C@H]2O[C@]3(CC[C@@H]4C(=C(C)C3)C[C@H]3[C@H]4CC[C@@H]4CC(=O)CC[C@@]43C)[C@H](C)[C@@H]21.CC1=C2C[C@H]3[C@@H](CC[C@@H]4C[C@H](C)CC[C@@]43C)[C@@H]2CC[C@@]2(C1)O[C@@H]1C[C@H](C)CN[C@H]1[C@H]2C.CC1=C2C[C@H]3[C@@H](CC[C@@H]4C[C@H](C)CC[C@@]43C)[C@@H]2CC[C@@]2(C1)O[C@@H]1C[C@H](C)CN[C@H]1[C@H]2C.CC1=C2C[C@H]3[C@@H](CC[C@@H]4C[C@H](O)CC[C@@]43C)[C@@H]2CC[C@@]2(C1)O[C@@H]1C[C@H](C)CN[C@H]1[C@H]2C. The number of carbonyl (C=O) groups is 2. The minimum atomic E-state index is -0.0407. The van der Waals surface area contributed by atoms with Crippen LogP contribution in [0.15, 0.2) is 44.6 Å². The van der Waals surface area contributed by atoms with Crippen LogP contribution < -0.4 is 21.3 Å². The van der Waals surface area contributed by atoms with Gasteiger partial charge in [-0.1, -0.05) is 154 Å². The predicted molar refractivity (Wildman–Crippen MR) is 526 cm³/mol. The molecule has 5 N–H and O–H groups in total. The molecular weight excluding hydrogens is 1600 g/mol. The molecule has 12 nitrogen and oxygen atoms in total. The summed E-state index contributed by atoms with van der Waals surface area (Å²) in [7, 11) is 0. The van der Waals surface area contributed by atoms with Gasteiger partial charge in [-0.2, -0.15) is 0 Å². The van der Waals surface area contributed by atoms with Crippen LogP contribution in [0.2, 0.25) is 0 Å². The van der Waals surface area contributed by atoms with E-state index < -0.39 is 0 Å². The van der Waals surface area contributed by atoms with Gasteiger partial charge in [0, 0.05) is 87.2 Å². The molecule has 0 aromatic rings. The molecule has 12 heteroatoms. The summed E-state index contributed by atoms with van der Waals surface area (Å²) in [5.74, 6) is 21.6. The molecule has 4 spiro atoms. The van der Waals surface area contributed by atoms with Crippen LogP contribution in [-0.2, 0) is 28.5 Å². The van der Waals surface area contributed by atoms with Crippen molar-refractivity contribution in [2.75, 3.05) is 39.3 Å². The molecule has 8 saturated heterocycles. The monoisotopic (exact) mass is 1790 g/mol. The Hall–Kier alpha value is -2.26. The molecular formula is C118H189N5O7. The van der Waals surface area contributed by atoms with Crippen molar-refractivity contribution in [3.05, 3.63) is 44.6 Å². The third-order valence-corrected chi connectivity index (χ3v) is 47.8. The molecule has 0 unspecified atom stereocenters. The summed E-state index contributed by atoms with van der Waals surface area (Å²) in [4.78, 5) is 26.4. The van der Waals surface area contributed by atoms with E-state index in [2.05, 4.69) is 151 Å². The number of piperidine rings is 4. The lowest BCUT2D eigenvalue weighted by molar-refractivity contribution is -0.130. The molecule has 43 atom stereocenters. The number of hydrogen-bond acceptors (Lipinski definition) is 11. The number of ketones is 1. The molecule has 16 aliphatic carbocycles. The summed E-state index contributed by atoms with van der Waals surface area (Å²) in [6.45, 7) is 52.8. The zero-order chi connectivity index (χ0) is 90.7. The fourth-order valence-corrected chi connectivity index (χ4v) is 40.5. The number of likely N-dealkylation sites (tertiary alicyclic amines) is 1. The minimum absolute atomic E-state index is 0.0387. The molecule has 0 bridgehead atoms. The first kappa shape index (κ1) is 94.0. The smallest absolute Gasteiger partial charge is 0.216 e. The van der Waals surface area contributed by atoms with Gasteiger partial charge in [0.05, 0.1) is 52.9 Å². The largest absolute Gasteiger partial charge is 0.393 e. The van der Waals surface area contributed by atoms with Gasteiger partial charge in [0.1, 0.15) is 5.78 Å². The first-order valence-electron chi connectivity index (χ1n) is 56.9. The molecule has 12 saturated carbocycles. The van der Waals surface area contributed by atoms with Crippen molar-refractivity contribution in [2.24, 2.45) is 176 Å². The molecule has 8 aliphatic heterocycles. The highest BCUT2D eigenvalue weighted by atomic mass is 16.5. The highest BCUT2D eigenvalue weighted by Gasteiger charge is 2.67. The lowest BCUT2D eigenvalue weighted by atomic mass is 9.51. The van der Waals surface area contributed by atoms with Gasteiger partial charge >= 0.3 is 0 Å². The average Bonchev–Trinajstić information content (AvgIpc) is 1.58. The van der Waals surface area contributed by atoms with Crippen molar-refractivity contribution in [1.82, 2.24) is 26.2 Å². The van der Waals surface area contributed by atoms with Gasteiger partial charge in [0.25, 0.3) is 0 Å². The Balaban J connectivity index is 0.000000105. The Kier molecular flexibility index (Phi) is 25.6. The highest BCUT2D eigenvalue weighted by molar-refractivity contribution is 5.79. The number of rotatable bonds is 3. The van der Waals surface area contributed by atoms with Crippen LogP contribution in [0.4, 0.5) is 0 Å². The van der Waals surface area contributed by atoms with Crippen molar-refractivity contribution >= 4 is 11.7 Å². The first-order valence-corrected chi connectivity index (χ1v) is 56.9. The third-order valence-electron chi connectivity index (χ3n) is 47.8. The van der Waals surface area contributed by atoms with E-state index >= 15 is 0 Å². The second kappa shape index (κ2) is 35.5. The van der Waals surface area contributed by atoms with Crippen molar-refractivity contribution in [2.45, 2.75) is 465 Å². The highest BCUT2D eigenvalue weighted by Crippen LogP contribution is 2.72. The van der Waals surface area contributed by atoms with Crippen LogP contribution in [0, 0.1) is 176 Å². The van der Waals surface area contributed by atoms with E-state index in [1.54, 1.807) is 34.8 Å². The molecule has 130 heavy (non-hydrogen) atoms. The van der Waals surface area contributed by atoms with Crippen LogP contribution in [0.5, 0.6) is 0 Å². The molecule has 20 fully saturated rings. The molecule has 728 valence electrons. The number of aliphatic hydroxyl groups excluding tert-OH is 1. The maximum atomic E-state index is 12.3. The number of allylic oxidation sites excluding steroid dienone is 4. The average molecular weight is 1790 g/mol. The summed E-state index contributed by atoms with van der Waals surface area (Å²) in [6, 6.07) is 2.18. The fraction of sp³-hybridized carbons (Fsp3) is 0.915. The summed E-state index contributed by atoms with van der Waals surface area (Å²) < 4.78 is 28.3. The topological polar surface area (TPSA) is 143 Å². The quantitative estimate of drug-likeness (QED) is 0.172. The Bertz CT molecular complexity index is 4020. The van der Waals surface area contributed by atoms with Crippen LogP contribution in [0.3, 0.4) is 0 Å². The van der Waals surface area contributed by atoms with E-state index in [1.165, 1.54) is 225 Å². The molecule has 0 aromatic heterocycles. The third kappa shape index (κ3) is 15.9. The lowest BCUT2D eigenvalue weighted by Gasteiger charge is -2.54. The minimum Gasteiger partial charge on any atom is -0.393 e. The van der Waals surface area contributed by atoms with Crippen LogP contribution in [0.25, 0.3) is 0 Å². The maximum absolute atomic E-state index is 12.3. The Morgan fingerprint density at radius 3 is 1.11 bits per heavy atom. The molecule has 1 amide bonds. The summed E-state index contributed by atoms with van der Waals surface area (Å²) in [6.07, 6.45) is 53.5. The molecule has 0 aromatic carbocycles. The first-order chi connectivity index (χ1) is 62.0. The van der Waals surface area contributed by atoms with Gasteiger partial charge < -0.3 is 45.3 Å². The van der Waals surface area contributed by atoms with Gasteiger partial charge in [-0.05, 0) is 430 Å². The standard InChI is InChI=1S/C32H50N2O3.2C29H47NO.C28H45NO2/c1-19-14-29-30(34(18-19)13-12-33-22(4)35)21(3)32(37-29)11-9-25-26-7-6-23-15-24(36)8-10-31(23,5)28(26)16-27(25)20(2)17-32;2*1-17-8-10-28(5)21(12-17)6-7-23-22-9-11-29(15-19(3)24(22)14-25(23)28)20(4)27-26(31-29)13-18(2)16-30-27;1-16-11-25-26(29-15-16)18(3)28(31-25)10-8-21-22-6-5-19-12-20(30)7-9-27(19,4)24(22)13-23(21)17(2)14-28/h19,21,23,25-26,28-30H,6-18H2,1-5H3,(H,33,35);2*17-18,20-23,25-27,30H,6-16H2,1-5H3;16,18-22,24-26,29-30H,5-15H2,1-4H3/t19-,21+,23+,25-,26-,28-,29+,30-,31-,32-;2*17-,18+,20-,21-,22+,23+,25+,26-,27+,28+,29+;16-,18+,19+,20+,21-,22-,24-,25+,26-,27-,28-/m0110/s1. The van der Waals surface area contributed by atoms with Crippen molar-refractivity contribution in [1.29, 1.82) is 0 Å². The van der Waals surface area contributed by atoms with Gasteiger partial charge in [0.15, 0.2) is 0 Å². The van der Waals surface area contributed by atoms with E-state index in [9.17, 15) is 14.7 Å². The van der Waals surface area contributed by atoms with Gasteiger partial charge in [-0.25, -0.2) is 0 Å². The zero-order valence-electron chi connectivity index (χ0n) is 86.1. The van der Waals surface area contributed by atoms with E-state index in [0.717, 1.165) is 189 Å². The van der Waals surface area contributed by atoms with E-state index in [-0.39, 0.29) is 34.4 Å². The number of fused-ring (bicyclic) bond motifs is 24. The fourth-order valence-electron chi connectivity index (χ4n) is 40.5. The molecule has 24 aliphatic rings. The summed E-state index contributed by atoms with van der Waals surface area (Å²) in [5, 5.41) is 25.0. The second-order valence-corrected chi connectivity index (χ2v) is 54.6. The second-order valence-electron chi connectivity index (χ2n) is 54.6. The van der Waals surface area contributed by atoms with Gasteiger partial charge in [0.2, 0.25) is 5.91 Å². The normalized spacial score (nSPS) is 54.1. The zero-order valence-corrected chi connectivity index (χ0v) is 86.1. The number of nitrogens with one attached hydrogen (secondary N) is 4. The van der Waals surface area contributed by atoms with E-state index in [4.69, 9.17) is 18.9 Å². The number of nitrogens with zero attached hydrogens (tertiary/aromatic N) is 1. The van der Waals surface area contributed by atoms with Gasteiger partial charge in [-0.15, -0.1) is 0 Å². The maximum Gasteiger partial charge on any atom is 0.216 e. The van der Waals surface area contributed by atoms with Crippen LogP contribution in [-0.4, -0.2) is 138 Å². The number of amides is 1. The molecule has 24 rings (SSSR count). The number of hydrogen-bond donors (Lipinski definition) is 5. The van der Waals surface area contributed by atoms with Gasteiger partial charge in [-0.3, -0.25) is 14.5 Å². The molecule has 8 heterocycles. The number of carbonyl (C=O) groups excluding carboxylic acids is 2. The van der Waals surface area contributed by atoms with Crippen molar-refractivity contribution in [3.8, 4) is 0 Å². The predicted octanol–water partition coefficient (Wildman–Crippen LogP) is 24.5. The summed E-state index contributed by atoms with van der Waals surface area (Å²) >= 11 is 0. The Labute approximate surface area is 791 Å². The van der Waals surface area contributed by atoms with Crippen molar-refractivity contribution < 1.29 is 33.6 Å². The lowest BCUT2D eigenvalue weighted by Crippen LogP contribution is -2.53.